The van der Waals surface area contributed by atoms with E-state index in [1.165, 1.54) is 12.1 Å². The lowest BCUT2D eigenvalue weighted by atomic mass is 10.2. The summed E-state index contributed by atoms with van der Waals surface area (Å²) >= 11 is 0. The SMILES string of the molecule is CC(C)NS(=O)(=O)c1ccc(NC(=O)[C@H]2CNCCO2)cc1.Cl. The van der Waals surface area contributed by atoms with E-state index < -0.39 is 16.1 Å². The van der Waals surface area contributed by atoms with Crippen molar-refractivity contribution < 1.29 is 17.9 Å². The molecule has 0 spiro atoms. The molecule has 0 aliphatic carbocycles. The number of hydrogen-bond donors (Lipinski definition) is 3. The molecule has 0 aromatic heterocycles. The fourth-order valence-electron chi connectivity index (χ4n) is 2.05. The number of nitrogens with one attached hydrogen (secondary N) is 3. The van der Waals surface area contributed by atoms with Crippen molar-refractivity contribution in [2.24, 2.45) is 0 Å². The van der Waals surface area contributed by atoms with Crippen LogP contribution in [0.5, 0.6) is 0 Å². The van der Waals surface area contributed by atoms with Crippen molar-refractivity contribution in [3.63, 3.8) is 0 Å². The van der Waals surface area contributed by atoms with Gasteiger partial charge in [-0.25, -0.2) is 13.1 Å². The average Bonchev–Trinajstić information content (AvgIpc) is 2.47. The minimum Gasteiger partial charge on any atom is -0.366 e. The topological polar surface area (TPSA) is 96.5 Å². The zero-order valence-corrected chi connectivity index (χ0v) is 14.7. The first-order valence-corrected chi connectivity index (χ1v) is 8.62. The molecule has 1 heterocycles. The number of hydrogen-bond acceptors (Lipinski definition) is 5. The van der Waals surface area contributed by atoms with Crippen LogP contribution in [0.1, 0.15) is 13.8 Å². The lowest BCUT2D eigenvalue weighted by Gasteiger charge is -2.22. The Kier molecular flexibility index (Phi) is 7.43. The Hall–Kier alpha value is -1.19. The molecule has 130 valence electrons. The average molecular weight is 364 g/mol. The van der Waals surface area contributed by atoms with Gasteiger partial charge in [0.1, 0.15) is 6.10 Å². The first-order valence-electron chi connectivity index (χ1n) is 7.14. The van der Waals surface area contributed by atoms with E-state index in [9.17, 15) is 13.2 Å². The quantitative estimate of drug-likeness (QED) is 0.716. The third-order valence-electron chi connectivity index (χ3n) is 3.04. The third kappa shape index (κ3) is 5.74. The number of halogens is 1. The second-order valence-corrected chi connectivity index (χ2v) is 7.07. The van der Waals surface area contributed by atoms with Crippen LogP contribution in [0.15, 0.2) is 29.2 Å². The number of carbonyl (C=O) groups excluding carboxylic acids is 1. The highest BCUT2D eigenvalue weighted by Crippen LogP contribution is 2.15. The Balaban J connectivity index is 0.00000264. The smallest absolute Gasteiger partial charge is 0.254 e. The predicted molar refractivity (Wildman–Crippen MR) is 90.4 cm³/mol. The molecule has 1 aromatic rings. The molecule has 1 atom stereocenters. The Labute approximate surface area is 142 Å². The van der Waals surface area contributed by atoms with Crippen LogP contribution in [0, 0.1) is 0 Å². The van der Waals surface area contributed by atoms with Gasteiger partial charge in [-0.3, -0.25) is 4.79 Å². The fraction of sp³-hybridized carbons (Fsp3) is 0.500. The van der Waals surface area contributed by atoms with Crippen molar-refractivity contribution in [1.82, 2.24) is 10.0 Å². The van der Waals surface area contributed by atoms with Gasteiger partial charge in [0.15, 0.2) is 0 Å². The van der Waals surface area contributed by atoms with Gasteiger partial charge < -0.3 is 15.4 Å². The van der Waals surface area contributed by atoms with Gasteiger partial charge in [0, 0.05) is 24.8 Å². The molecular weight excluding hydrogens is 342 g/mol. The highest BCUT2D eigenvalue weighted by Gasteiger charge is 2.22. The van der Waals surface area contributed by atoms with Crippen molar-refractivity contribution in [2.75, 3.05) is 25.0 Å². The van der Waals surface area contributed by atoms with Gasteiger partial charge in [0.2, 0.25) is 10.0 Å². The Morgan fingerprint density at radius 2 is 1.96 bits per heavy atom. The van der Waals surface area contributed by atoms with E-state index in [4.69, 9.17) is 4.74 Å². The van der Waals surface area contributed by atoms with E-state index in [0.29, 0.717) is 18.8 Å². The van der Waals surface area contributed by atoms with Gasteiger partial charge in [0.05, 0.1) is 11.5 Å². The second kappa shape index (κ2) is 8.60. The lowest BCUT2D eigenvalue weighted by Crippen LogP contribution is -2.45. The number of benzene rings is 1. The highest BCUT2D eigenvalue weighted by molar-refractivity contribution is 7.89. The van der Waals surface area contributed by atoms with Crippen LogP contribution >= 0.6 is 12.4 Å². The monoisotopic (exact) mass is 363 g/mol. The van der Waals surface area contributed by atoms with Crippen molar-refractivity contribution in [3.8, 4) is 0 Å². The summed E-state index contributed by atoms with van der Waals surface area (Å²) < 4.78 is 31.9. The molecule has 23 heavy (non-hydrogen) atoms. The number of anilines is 1. The number of ether oxygens (including phenoxy) is 1. The Bertz CT molecular complexity index is 613. The summed E-state index contributed by atoms with van der Waals surface area (Å²) in [5.74, 6) is -0.247. The second-order valence-electron chi connectivity index (χ2n) is 5.35. The van der Waals surface area contributed by atoms with Gasteiger partial charge in [-0.2, -0.15) is 0 Å². The molecule has 9 heteroatoms. The number of sulfonamides is 1. The molecule has 1 aliphatic rings. The first-order chi connectivity index (χ1) is 10.4. The normalized spacial score (nSPS) is 18.3. The largest absolute Gasteiger partial charge is 0.366 e. The lowest BCUT2D eigenvalue weighted by molar-refractivity contribution is -0.128. The van der Waals surface area contributed by atoms with E-state index in [2.05, 4.69) is 15.4 Å². The molecule has 1 aromatic carbocycles. The maximum absolute atomic E-state index is 12.0. The molecule has 1 saturated heterocycles. The molecule has 0 unspecified atom stereocenters. The van der Waals surface area contributed by atoms with Crippen LogP contribution in [-0.4, -0.2) is 46.2 Å². The predicted octanol–water partition coefficient (Wildman–Crippen LogP) is 0.722. The van der Waals surface area contributed by atoms with E-state index in [1.807, 2.05) is 0 Å². The van der Waals surface area contributed by atoms with Gasteiger partial charge >= 0.3 is 0 Å². The van der Waals surface area contributed by atoms with E-state index >= 15 is 0 Å². The van der Waals surface area contributed by atoms with Crippen molar-refractivity contribution >= 4 is 34.0 Å². The minimum absolute atomic E-state index is 0. The molecule has 2 rings (SSSR count). The standard InChI is InChI=1S/C14H21N3O4S.ClH/c1-10(2)17-22(19,20)12-5-3-11(4-6-12)16-14(18)13-9-15-7-8-21-13;/h3-6,10,13,15,17H,7-9H2,1-2H3,(H,16,18);1H/t13-;/m1./s1. The molecule has 3 N–H and O–H groups in total. The summed E-state index contributed by atoms with van der Waals surface area (Å²) in [7, 11) is -3.52. The maximum Gasteiger partial charge on any atom is 0.254 e. The summed E-state index contributed by atoms with van der Waals surface area (Å²) in [4.78, 5) is 12.1. The summed E-state index contributed by atoms with van der Waals surface area (Å²) in [6.07, 6.45) is -0.528. The van der Waals surface area contributed by atoms with Crippen LogP contribution < -0.4 is 15.4 Å². The summed E-state index contributed by atoms with van der Waals surface area (Å²) in [6.45, 7) is 5.21. The van der Waals surface area contributed by atoms with Crippen LogP contribution in [-0.2, 0) is 19.6 Å². The van der Waals surface area contributed by atoms with Crippen LogP contribution in [0.3, 0.4) is 0 Å². The molecule has 1 aliphatic heterocycles. The molecular formula is C14H22ClN3O4S. The molecule has 0 saturated carbocycles. The van der Waals surface area contributed by atoms with Crippen LogP contribution in [0.4, 0.5) is 5.69 Å². The summed E-state index contributed by atoms with van der Waals surface area (Å²) in [6, 6.07) is 5.85. The zero-order chi connectivity index (χ0) is 16.2. The van der Waals surface area contributed by atoms with Gasteiger partial charge in [0.25, 0.3) is 5.91 Å². The van der Waals surface area contributed by atoms with Crippen molar-refractivity contribution in [1.29, 1.82) is 0 Å². The Morgan fingerprint density at radius 3 is 2.48 bits per heavy atom. The van der Waals surface area contributed by atoms with E-state index in [1.54, 1.807) is 26.0 Å². The Morgan fingerprint density at radius 1 is 1.30 bits per heavy atom. The van der Waals surface area contributed by atoms with Gasteiger partial charge in [-0.05, 0) is 38.1 Å². The van der Waals surface area contributed by atoms with Gasteiger partial charge in [-0.15, -0.1) is 12.4 Å². The highest BCUT2D eigenvalue weighted by atomic mass is 35.5. The van der Waals surface area contributed by atoms with E-state index in [-0.39, 0.29) is 29.3 Å². The summed E-state index contributed by atoms with van der Waals surface area (Å²) in [5, 5.41) is 5.79. The van der Waals surface area contributed by atoms with Crippen LogP contribution in [0.25, 0.3) is 0 Å². The molecule has 7 nitrogen and oxygen atoms in total. The van der Waals surface area contributed by atoms with Crippen molar-refractivity contribution in [3.05, 3.63) is 24.3 Å². The van der Waals surface area contributed by atoms with Crippen molar-refractivity contribution in [2.45, 2.75) is 30.9 Å². The summed E-state index contributed by atoms with van der Waals surface area (Å²) in [5.41, 5.74) is 0.530. The molecule has 0 bridgehead atoms. The molecule has 1 fully saturated rings. The number of carbonyl (C=O) groups is 1. The zero-order valence-electron chi connectivity index (χ0n) is 13.0. The fourth-order valence-corrected chi connectivity index (χ4v) is 3.30. The third-order valence-corrected chi connectivity index (χ3v) is 4.72. The van der Waals surface area contributed by atoms with Gasteiger partial charge in [-0.1, -0.05) is 0 Å². The minimum atomic E-state index is -3.52. The number of morpholine rings is 1. The first kappa shape index (κ1) is 19.9. The molecule has 0 radical (unpaired) electrons. The van der Waals surface area contributed by atoms with E-state index in [0.717, 1.165) is 6.54 Å². The van der Waals surface area contributed by atoms with Crippen LogP contribution in [0.2, 0.25) is 0 Å². The molecule has 1 amide bonds. The number of rotatable bonds is 5. The number of amides is 1. The maximum atomic E-state index is 12.0.